The van der Waals surface area contributed by atoms with E-state index in [1.54, 1.807) is 22.8 Å². The predicted molar refractivity (Wildman–Crippen MR) is 127 cm³/mol. The topological polar surface area (TPSA) is 67.7 Å². The van der Waals surface area contributed by atoms with Gasteiger partial charge in [-0.15, -0.1) is 0 Å². The van der Waals surface area contributed by atoms with Gasteiger partial charge in [0.1, 0.15) is 5.69 Å². The van der Waals surface area contributed by atoms with Crippen LogP contribution in [0.1, 0.15) is 27.0 Å². The summed E-state index contributed by atoms with van der Waals surface area (Å²) in [7, 11) is 1.66. The van der Waals surface area contributed by atoms with E-state index in [0.29, 0.717) is 44.1 Å². The van der Waals surface area contributed by atoms with Gasteiger partial charge in [-0.05, 0) is 19.4 Å². The van der Waals surface area contributed by atoms with Crippen LogP contribution >= 0.6 is 0 Å². The van der Waals surface area contributed by atoms with Crippen molar-refractivity contribution in [3.8, 4) is 11.3 Å². The fourth-order valence-corrected chi connectivity index (χ4v) is 3.86. The van der Waals surface area contributed by atoms with Gasteiger partial charge < -0.3 is 14.5 Å². The van der Waals surface area contributed by atoms with Crippen molar-refractivity contribution in [2.24, 2.45) is 0 Å². The lowest BCUT2D eigenvalue weighted by molar-refractivity contribution is -0.135. The summed E-state index contributed by atoms with van der Waals surface area (Å²) in [4.78, 5) is 29.3. The lowest BCUT2D eigenvalue weighted by Crippen LogP contribution is -2.46. The first-order valence-electron chi connectivity index (χ1n) is 11.2. The van der Waals surface area contributed by atoms with Crippen molar-refractivity contribution in [1.29, 1.82) is 0 Å². The normalized spacial score (nSPS) is 13.7. The highest BCUT2D eigenvalue weighted by atomic mass is 16.5. The number of hydrogen-bond acceptors (Lipinski definition) is 4. The summed E-state index contributed by atoms with van der Waals surface area (Å²) in [5, 5.41) is 4.76. The van der Waals surface area contributed by atoms with Gasteiger partial charge in [0, 0.05) is 31.9 Å². The van der Waals surface area contributed by atoms with Crippen LogP contribution in [0.5, 0.6) is 0 Å². The fourth-order valence-electron chi connectivity index (χ4n) is 3.86. The number of benzene rings is 2. The highest BCUT2D eigenvalue weighted by Gasteiger charge is 2.25. The number of carbonyl (C=O) groups excluding carboxylic acids is 2. The highest BCUT2D eigenvalue weighted by molar-refractivity contribution is 6.01. The zero-order valence-corrected chi connectivity index (χ0v) is 19.5. The fraction of sp³-hybridized carbons (Fsp3) is 0.346. The van der Waals surface area contributed by atoms with Gasteiger partial charge in [-0.25, -0.2) is 0 Å². The Labute approximate surface area is 194 Å². The van der Waals surface area contributed by atoms with Crippen molar-refractivity contribution in [3.63, 3.8) is 0 Å². The van der Waals surface area contributed by atoms with Crippen molar-refractivity contribution in [2.75, 3.05) is 39.9 Å². The molecular weight excluding hydrogens is 416 g/mol. The first-order valence-corrected chi connectivity index (χ1v) is 11.2. The van der Waals surface area contributed by atoms with Crippen LogP contribution < -0.4 is 0 Å². The van der Waals surface area contributed by atoms with Gasteiger partial charge in [-0.3, -0.25) is 14.3 Å². The van der Waals surface area contributed by atoms with Gasteiger partial charge in [-0.1, -0.05) is 59.7 Å². The SMILES string of the molecule is Cc1ccc(Cn2cc(C(=O)N(C)CC(=O)N3CCOCC3)c(-c3ccc(C)cc3)n2)cc1. The molecule has 1 fully saturated rings. The van der Waals surface area contributed by atoms with E-state index in [2.05, 4.69) is 31.2 Å². The number of aromatic nitrogens is 2. The number of morpholine rings is 1. The molecule has 0 unspecified atom stereocenters. The third kappa shape index (κ3) is 5.49. The van der Waals surface area contributed by atoms with Gasteiger partial charge in [-0.2, -0.15) is 5.10 Å². The molecule has 2 aromatic carbocycles. The van der Waals surface area contributed by atoms with E-state index in [1.165, 1.54) is 10.5 Å². The average molecular weight is 447 g/mol. The first-order chi connectivity index (χ1) is 15.9. The average Bonchev–Trinajstić information content (AvgIpc) is 3.24. The summed E-state index contributed by atoms with van der Waals surface area (Å²) in [6.45, 7) is 6.85. The molecule has 0 radical (unpaired) electrons. The Balaban J connectivity index is 1.59. The maximum Gasteiger partial charge on any atom is 0.257 e. The Morgan fingerprint density at radius 3 is 2.21 bits per heavy atom. The van der Waals surface area contributed by atoms with Gasteiger partial charge in [0.15, 0.2) is 0 Å². The molecule has 0 aliphatic carbocycles. The Hall–Kier alpha value is -3.45. The van der Waals surface area contributed by atoms with E-state index >= 15 is 0 Å². The number of aryl methyl sites for hydroxylation is 2. The van der Waals surface area contributed by atoms with Crippen molar-refractivity contribution in [3.05, 3.63) is 77.0 Å². The molecule has 172 valence electrons. The van der Waals surface area contributed by atoms with Gasteiger partial charge in [0.2, 0.25) is 5.91 Å². The molecule has 7 heteroatoms. The second-order valence-corrected chi connectivity index (χ2v) is 8.59. The molecule has 7 nitrogen and oxygen atoms in total. The molecule has 0 N–H and O–H groups in total. The second-order valence-electron chi connectivity index (χ2n) is 8.59. The largest absolute Gasteiger partial charge is 0.378 e. The van der Waals surface area contributed by atoms with Crippen LogP contribution in [0.3, 0.4) is 0 Å². The maximum absolute atomic E-state index is 13.4. The summed E-state index contributed by atoms with van der Waals surface area (Å²) in [6.07, 6.45) is 1.78. The predicted octanol–water partition coefficient (Wildman–Crippen LogP) is 3.15. The zero-order chi connectivity index (χ0) is 23.4. The monoisotopic (exact) mass is 446 g/mol. The number of nitrogens with zero attached hydrogens (tertiary/aromatic N) is 4. The molecule has 0 bridgehead atoms. The third-order valence-corrected chi connectivity index (χ3v) is 5.87. The summed E-state index contributed by atoms with van der Waals surface area (Å²) in [6, 6.07) is 16.2. The van der Waals surface area contributed by atoms with Crippen LogP contribution in [0.25, 0.3) is 11.3 Å². The van der Waals surface area contributed by atoms with E-state index in [0.717, 1.165) is 16.7 Å². The van der Waals surface area contributed by atoms with E-state index in [1.807, 2.05) is 31.2 Å². The standard InChI is InChI=1S/C26H30N4O3/c1-19-4-8-21(9-5-19)16-30-17-23(25(27-30)22-10-6-20(2)7-11-22)26(32)28(3)18-24(31)29-12-14-33-15-13-29/h4-11,17H,12-16,18H2,1-3H3. The number of likely N-dealkylation sites (N-methyl/N-ethyl adjacent to an activating group) is 1. The third-order valence-electron chi connectivity index (χ3n) is 5.87. The van der Waals surface area contributed by atoms with E-state index in [4.69, 9.17) is 9.84 Å². The quantitative estimate of drug-likeness (QED) is 0.583. The number of ether oxygens (including phenoxy) is 1. The minimum atomic E-state index is -0.220. The Bertz CT molecular complexity index is 1110. The van der Waals surface area contributed by atoms with Crippen molar-refractivity contribution < 1.29 is 14.3 Å². The van der Waals surface area contributed by atoms with E-state index < -0.39 is 0 Å². The number of rotatable bonds is 6. The summed E-state index contributed by atoms with van der Waals surface area (Å²) in [5.74, 6) is -0.291. The number of carbonyl (C=O) groups is 2. The van der Waals surface area contributed by atoms with Crippen LogP contribution in [0.2, 0.25) is 0 Å². The summed E-state index contributed by atoms with van der Waals surface area (Å²) in [5.41, 5.74) is 5.43. The molecule has 1 aromatic heterocycles. The Morgan fingerprint density at radius 2 is 1.58 bits per heavy atom. The molecular formula is C26H30N4O3. The molecule has 2 amide bonds. The summed E-state index contributed by atoms with van der Waals surface area (Å²) < 4.78 is 7.11. The molecule has 4 rings (SSSR count). The molecule has 3 aromatic rings. The Morgan fingerprint density at radius 1 is 0.970 bits per heavy atom. The molecule has 2 heterocycles. The zero-order valence-electron chi connectivity index (χ0n) is 19.5. The van der Waals surface area contributed by atoms with Gasteiger partial charge >= 0.3 is 0 Å². The first kappa shape index (κ1) is 22.7. The lowest BCUT2D eigenvalue weighted by Gasteiger charge is -2.28. The van der Waals surface area contributed by atoms with Crippen molar-refractivity contribution in [2.45, 2.75) is 20.4 Å². The maximum atomic E-state index is 13.4. The van der Waals surface area contributed by atoms with Crippen LogP contribution in [-0.2, 0) is 16.1 Å². The molecule has 0 atom stereocenters. The van der Waals surface area contributed by atoms with Crippen molar-refractivity contribution >= 4 is 11.8 Å². The van der Waals surface area contributed by atoms with Crippen LogP contribution in [-0.4, -0.2) is 71.3 Å². The lowest BCUT2D eigenvalue weighted by atomic mass is 10.1. The molecule has 0 spiro atoms. The highest BCUT2D eigenvalue weighted by Crippen LogP contribution is 2.24. The molecule has 0 saturated carbocycles. The van der Waals surface area contributed by atoms with Crippen LogP contribution in [0.4, 0.5) is 0 Å². The van der Waals surface area contributed by atoms with E-state index in [9.17, 15) is 9.59 Å². The Kier molecular flexibility index (Phi) is 6.89. The molecule has 1 aliphatic heterocycles. The van der Waals surface area contributed by atoms with Gasteiger partial charge in [0.05, 0.1) is 31.9 Å². The van der Waals surface area contributed by atoms with E-state index in [-0.39, 0.29) is 18.4 Å². The number of amides is 2. The molecule has 1 saturated heterocycles. The smallest absolute Gasteiger partial charge is 0.257 e. The minimum absolute atomic E-state index is 0.0231. The summed E-state index contributed by atoms with van der Waals surface area (Å²) >= 11 is 0. The van der Waals surface area contributed by atoms with Crippen LogP contribution in [0, 0.1) is 13.8 Å². The second kappa shape index (κ2) is 10.0. The molecule has 1 aliphatic rings. The molecule has 33 heavy (non-hydrogen) atoms. The van der Waals surface area contributed by atoms with Crippen LogP contribution in [0.15, 0.2) is 54.7 Å². The minimum Gasteiger partial charge on any atom is -0.378 e. The van der Waals surface area contributed by atoms with Crippen molar-refractivity contribution in [1.82, 2.24) is 19.6 Å². The van der Waals surface area contributed by atoms with Gasteiger partial charge in [0.25, 0.3) is 5.91 Å². The number of hydrogen-bond donors (Lipinski definition) is 0.